The highest BCUT2D eigenvalue weighted by Gasteiger charge is 2.62. The Balaban J connectivity index is 1.64. The lowest BCUT2D eigenvalue weighted by Gasteiger charge is -2.07. The molecule has 0 aliphatic heterocycles. The lowest BCUT2D eigenvalue weighted by molar-refractivity contribution is -0.147. The van der Waals surface area contributed by atoms with Gasteiger partial charge in [-0.1, -0.05) is 49.7 Å². The Morgan fingerprint density at radius 3 is 2.67 bits per heavy atom. The first-order chi connectivity index (χ1) is 12.6. The van der Waals surface area contributed by atoms with Crippen molar-refractivity contribution in [1.29, 1.82) is 0 Å². The molecule has 1 saturated carbocycles. The Morgan fingerprint density at radius 1 is 1.30 bits per heavy atom. The van der Waals surface area contributed by atoms with Gasteiger partial charge in [0, 0.05) is 5.56 Å². The Hall–Kier alpha value is -2.21. The molecular formula is C20H18ClF3O3. The zero-order chi connectivity index (χ0) is 19.8. The first-order valence-electron chi connectivity index (χ1n) is 8.34. The normalized spacial score (nSPS) is 21.8. The van der Waals surface area contributed by atoms with Crippen molar-refractivity contribution in [2.75, 3.05) is 0 Å². The van der Waals surface area contributed by atoms with Gasteiger partial charge < -0.3 is 9.15 Å². The molecule has 2 aromatic rings. The van der Waals surface area contributed by atoms with Gasteiger partial charge in [-0.2, -0.15) is 13.2 Å². The molecule has 0 amide bonds. The van der Waals surface area contributed by atoms with Crippen molar-refractivity contribution in [2.45, 2.75) is 26.6 Å². The quantitative estimate of drug-likeness (QED) is 0.584. The Morgan fingerprint density at radius 2 is 2.04 bits per heavy atom. The highest BCUT2D eigenvalue weighted by molar-refractivity contribution is 6.30. The molecule has 144 valence electrons. The van der Waals surface area contributed by atoms with Gasteiger partial charge in [-0.3, -0.25) is 4.79 Å². The maximum atomic E-state index is 12.6. The molecule has 0 radical (unpaired) electrons. The van der Waals surface area contributed by atoms with E-state index in [-0.39, 0.29) is 6.61 Å². The van der Waals surface area contributed by atoms with E-state index in [1.54, 1.807) is 32.2 Å². The highest BCUT2D eigenvalue weighted by Crippen LogP contribution is 2.60. The summed E-state index contributed by atoms with van der Waals surface area (Å²) in [5.41, 5.74) is 0.979. The molecule has 7 heteroatoms. The molecule has 1 aromatic heterocycles. The van der Waals surface area contributed by atoms with Crippen LogP contribution in [0.4, 0.5) is 13.2 Å². The van der Waals surface area contributed by atoms with Crippen molar-refractivity contribution >= 4 is 17.6 Å². The molecule has 1 aliphatic carbocycles. The Bertz CT molecular complexity index is 854. The van der Waals surface area contributed by atoms with E-state index in [2.05, 4.69) is 0 Å². The maximum Gasteiger partial charge on any atom is 0.426 e. The van der Waals surface area contributed by atoms with Crippen LogP contribution >= 0.6 is 11.6 Å². The largest absolute Gasteiger partial charge is 0.464 e. The van der Waals surface area contributed by atoms with Gasteiger partial charge in [0.2, 0.25) is 0 Å². The lowest BCUT2D eigenvalue weighted by Crippen LogP contribution is -2.11. The molecule has 1 heterocycles. The average molecular weight is 399 g/mol. The first-order valence-corrected chi connectivity index (χ1v) is 8.72. The maximum absolute atomic E-state index is 12.6. The summed E-state index contributed by atoms with van der Waals surface area (Å²) in [4.78, 5) is 12.4. The van der Waals surface area contributed by atoms with E-state index < -0.39 is 34.4 Å². The van der Waals surface area contributed by atoms with Gasteiger partial charge in [0.1, 0.15) is 17.4 Å². The van der Waals surface area contributed by atoms with Crippen LogP contribution in [-0.2, 0) is 16.1 Å². The summed E-state index contributed by atoms with van der Waals surface area (Å²) in [6.07, 6.45) is -2.14. The van der Waals surface area contributed by atoms with E-state index in [0.717, 1.165) is 17.2 Å². The SMILES string of the molecule is CC1(C)C(/C=C(/Cl)C(F)(F)F)C1C(=O)OCc1cccc(-c2ccco2)c1. The zero-order valence-corrected chi connectivity index (χ0v) is 15.5. The number of furan rings is 1. The summed E-state index contributed by atoms with van der Waals surface area (Å²) in [6.45, 7) is 3.47. The van der Waals surface area contributed by atoms with Gasteiger partial charge in [0.05, 0.1) is 12.2 Å². The summed E-state index contributed by atoms with van der Waals surface area (Å²) in [5, 5.41) is -1.21. The van der Waals surface area contributed by atoms with Crippen molar-refractivity contribution in [2.24, 2.45) is 17.3 Å². The van der Waals surface area contributed by atoms with Crippen molar-refractivity contribution < 1.29 is 27.1 Å². The topological polar surface area (TPSA) is 39.4 Å². The van der Waals surface area contributed by atoms with Crippen LogP contribution in [0, 0.1) is 17.3 Å². The summed E-state index contributed by atoms with van der Waals surface area (Å²) in [7, 11) is 0. The second-order valence-electron chi connectivity index (χ2n) is 7.12. The molecule has 27 heavy (non-hydrogen) atoms. The minimum atomic E-state index is -4.61. The standard InChI is InChI=1S/C20H18ClF3O3/c1-19(2)14(10-16(21)20(22,23)24)17(19)18(25)27-11-12-5-3-6-13(9-12)15-7-4-8-26-15/h3-10,14,17H,11H2,1-2H3/b16-10+. The van der Waals surface area contributed by atoms with Crippen LogP contribution in [0.5, 0.6) is 0 Å². The second-order valence-corrected chi connectivity index (χ2v) is 7.53. The van der Waals surface area contributed by atoms with Crippen molar-refractivity contribution in [3.8, 4) is 11.3 Å². The van der Waals surface area contributed by atoms with Crippen LogP contribution in [0.25, 0.3) is 11.3 Å². The van der Waals surface area contributed by atoms with Crippen molar-refractivity contribution in [3.63, 3.8) is 0 Å². The number of ether oxygens (including phenoxy) is 1. The van der Waals surface area contributed by atoms with E-state index in [1.165, 1.54) is 0 Å². The van der Waals surface area contributed by atoms with Crippen LogP contribution in [0.15, 0.2) is 58.2 Å². The molecule has 0 spiro atoms. The van der Waals surface area contributed by atoms with Gasteiger partial charge in [-0.25, -0.2) is 0 Å². The third-order valence-corrected chi connectivity index (χ3v) is 5.22. The summed E-state index contributed by atoms with van der Waals surface area (Å²) < 4.78 is 48.5. The molecular weight excluding hydrogens is 381 g/mol. The molecule has 2 atom stereocenters. The third-order valence-electron chi connectivity index (χ3n) is 4.88. The fourth-order valence-corrected chi connectivity index (χ4v) is 3.33. The van der Waals surface area contributed by atoms with Crippen molar-refractivity contribution in [1.82, 2.24) is 0 Å². The molecule has 3 rings (SSSR count). The van der Waals surface area contributed by atoms with E-state index in [4.69, 9.17) is 20.8 Å². The van der Waals surface area contributed by atoms with Gasteiger partial charge in [0.25, 0.3) is 0 Å². The van der Waals surface area contributed by atoms with Gasteiger partial charge in [0.15, 0.2) is 0 Å². The molecule has 1 fully saturated rings. The number of rotatable bonds is 5. The second kappa shape index (κ2) is 7.08. The molecule has 3 nitrogen and oxygen atoms in total. The van der Waals surface area contributed by atoms with Crippen LogP contribution in [0.3, 0.4) is 0 Å². The number of halogens is 4. The minimum absolute atomic E-state index is 0.0311. The molecule has 2 unspecified atom stereocenters. The Labute approximate surface area is 159 Å². The van der Waals surface area contributed by atoms with E-state index in [9.17, 15) is 18.0 Å². The summed E-state index contributed by atoms with van der Waals surface area (Å²) in [6, 6.07) is 10.9. The van der Waals surface area contributed by atoms with Gasteiger partial charge in [-0.15, -0.1) is 0 Å². The minimum Gasteiger partial charge on any atom is -0.464 e. The molecule has 1 aromatic carbocycles. The summed E-state index contributed by atoms with van der Waals surface area (Å²) >= 11 is 5.30. The van der Waals surface area contributed by atoms with Gasteiger partial charge in [-0.05, 0) is 35.1 Å². The molecule has 0 bridgehead atoms. The third kappa shape index (κ3) is 4.21. The van der Waals surface area contributed by atoms with E-state index >= 15 is 0 Å². The van der Waals surface area contributed by atoms with Crippen LogP contribution < -0.4 is 0 Å². The lowest BCUT2D eigenvalue weighted by atomic mass is 10.1. The Kier molecular flexibility index (Phi) is 5.12. The first kappa shape index (κ1) is 19.5. The van der Waals surface area contributed by atoms with Crippen molar-refractivity contribution in [3.05, 3.63) is 59.3 Å². The number of carbonyl (C=O) groups is 1. The van der Waals surface area contributed by atoms with Crippen LogP contribution in [-0.4, -0.2) is 12.1 Å². The predicted octanol–water partition coefficient (Wildman–Crippen LogP) is 5.95. The molecule has 0 N–H and O–H groups in total. The highest BCUT2D eigenvalue weighted by atomic mass is 35.5. The predicted molar refractivity (Wildman–Crippen MR) is 94.7 cm³/mol. The summed E-state index contributed by atoms with van der Waals surface area (Å²) in [5.74, 6) is -1.09. The van der Waals surface area contributed by atoms with E-state index in [0.29, 0.717) is 5.76 Å². The number of benzene rings is 1. The number of hydrogen-bond acceptors (Lipinski definition) is 3. The number of carbonyl (C=O) groups excluding carboxylic acids is 1. The molecule has 0 saturated heterocycles. The fourth-order valence-electron chi connectivity index (χ4n) is 3.19. The monoisotopic (exact) mass is 398 g/mol. The number of esters is 1. The number of hydrogen-bond donors (Lipinski definition) is 0. The fraction of sp³-hybridized carbons (Fsp3) is 0.350. The van der Waals surface area contributed by atoms with E-state index in [1.807, 2.05) is 24.3 Å². The van der Waals surface area contributed by atoms with Gasteiger partial charge >= 0.3 is 12.1 Å². The molecule has 1 aliphatic rings. The van der Waals surface area contributed by atoms with Crippen LogP contribution in [0.1, 0.15) is 19.4 Å². The van der Waals surface area contributed by atoms with Crippen LogP contribution in [0.2, 0.25) is 0 Å². The average Bonchev–Trinajstić information content (AvgIpc) is 2.97. The zero-order valence-electron chi connectivity index (χ0n) is 14.7. The number of allylic oxidation sites excluding steroid dienone is 2. The smallest absolute Gasteiger partial charge is 0.426 e. The number of alkyl halides is 3.